The number of benzene rings is 3. The molecule has 0 bridgehead atoms. The summed E-state index contributed by atoms with van der Waals surface area (Å²) in [6, 6.07) is 22.2. The lowest BCUT2D eigenvalue weighted by atomic mass is 9.85. The van der Waals surface area contributed by atoms with Crippen LogP contribution in [0, 0.1) is 5.92 Å². The monoisotopic (exact) mass is 421 g/mol. The van der Waals surface area contributed by atoms with Gasteiger partial charge in [-0.15, -0.1) is 0 Å². The van der Waals surface area contributed by atoms with Crippen molar-refractivity contribution in [2.75, 3.05) is 13.1 Å². The van der Waals surface area contributed by atoms with Gasteiger partial charge in [-0.2, -0.15) is 0 Å². The van der Waals surface area contributed by atoms with Crippen LogP contribution in [0.2, 0.25) is 10.0 Å². The van der Waals surface area contributed by atoms with Gasteiger partial charge in [0.05, 0.1) is 0 Å². The smallest absolute Gasteiger partial charge is 0.167 e. The molecule has 1 heterocycles. The first-order valence-electron chi connectivity index (χ1n) is 10.0. The number of carbonyl (C=O) groups is 1. The first kappa shape index (κ1) is 18.9. The lowest BCUT2D eigenvalue weighted by molar-refractivity contribution is 0.0835. The van der Waals surface area contributed by atoms with Gasteiger partial charge in [0, 0.05) is 46.1 Å². The van der Waals surface area contributed by atoms with E-state index < -0.39 is 0 Å². The van der Waals surface area contributed by atoms with Gasteiger partial charge in [0.15, 0.2) is 5.78 Å². The molecule has 5 rings (SSSR count). The Labute approximate surface area is 181 Å². The third kappa shape index (κ3) is 3.40. The van der Waals surface area contributed by atoms with Crippen molar-refractivity contribution in [3.05, 3.63) is 93.5 Å². The Balaban J connectivity index is 1.49. The lowest BCUT2D eigenvalue weighted by Gasteiger charge is -2.34. The molecule has 2 atom stereocenters. The lowest BCUT2D eigenvalue weighted by Crippen LogP contribution is -2.38. The molecule has 0 spiro atoms. The fourth-order valence-electron chi connectivity index (χ4n) is 4.91. The molecule has 3 aromatic rings. The van der Waals surface area contributed by atoms with Crippen molar-refractivity contribution in [2.45, 2.75) is 18.9 Å². The molecule has 0 radical (unpaired) electrons. The van der Waals surface area contributed by atoms with E-state index in [1.54, 1.807) is 6.07 Å². The first-order chi connectivity index (χ1) is 14.1. The number of rotatable bonds is 3. The van der Waals surface area contributed by atoms with Gasteiger partial charge in [-0.1, -0.05) is 77.8 Å². The highest BCUT2D eigenvalue weighted by Gasteiger charge is 2.44. The van der Waals surface area contributed by atoms with Crippen LogP contribution < -0.4 is 0 Å². The van der Waals surface area contributed by atoms with Gasteiger partial charge < -0.3 is 0 Å². The largest absolute Gasteiger partial charge is 0.298 e. The number of fused-ring (bicyclic) bond motifs is 3. The minimum Gasteiger partial charge on any atom is -0.298 e. The van der Waals surface area contributed by atoms with Gasteiger partial charge >= 0.3 is 0 Å². The molecule has 2 unspecified atom stereocenters. The number of nitrogens with zero attached hydrogens (tertiary/aromatic N) is 1. The van der Waals surface area contributed by atoms with E-state index in [9.17, 15) is 4.79 Å². The van der Waals surface area contributed by atoms with E-state index in [1.165, 1.54) is 11.1 Å². The molecule has 0 aromatic heterocycles. The summed E-state index contributed by atoms with van der Waals surface area (Å²) in [6.45, 7) is 2.79. The zero-order chi connectivity index (χ0) is 20.0. The minimum atomic E-state index is 0.0734. The quantitative estimate of drug-likeness (QED) is 0.483. The second kappa shape index (κ2) is 7.60. The zero-order valence-corrected chi connectivity index (χ0v) is 17.5. The van der Waals surface area contributed by atoms with E-state index in [2.05, 4.69) is 35.2 Å². The minimum absolute atomic E-state index is 0.0734. The molecule has 0 saturated carbocycles. The summed E-state index contributed by atoms with van der Waals surface area (Å²) in [5.41, 5.74) is 5.14. The second-order valence-electron chi connectivity index (χ2n) is 7.98. The van der Waals surface area contributed by atoms with Crippen LogP contribution >= 0.6 is 23.2 Å². The summed E-state index contributed by atoms with van der Waals surface area (Å²) in [5, 5.41) is 1.18. The van der Waals surface area contributed by atoms with Crippen LogP contribution in [-0.4, -0.2) is 23.8 Å². The van der Waals surface area contributed by atoms with Gasteiger partial charge in [-0.25, -0.2) is 0 Å². The maximum atomic E-state index is 13.4. The summed E-state index contributed by atoms with van der Waals surface area (Å²) >= 11 is 12.6. The number of ketones is 1. The van der Waals surface area contributed by atoms with Gasteiger partial charge in [0.2, 0.25) is 0 Å². The van der Waals surface area contributed by atoms with E-state index in [0.29, 0.717) is 10.0 Å². The van der Waals surface area contributed by atoms with Crippen LogP contribution in [0.15, 0.2) is 66.7 Å². The molecular formula is C25H21Cl2NO. The molecule has 1 fully saturated rings. The normalized spacial score (nSPS) is 21.1. The topological polar surface area (TPSA) is 20.3 Å². The zero-order valence-electron chi connectivity index (χ0n) is 15.9. The molecule has 2 aliphatic rings. The summed E-state index contributed by atoms with van der Waals surface area (Å²) in [5.74, 6) is 0.594. The van der Waals surface area contributed by atoms with E-state index in [0.717, 1.165) is 42.7 Å². The van der Waals surface area contributed by atoms with Gasteiger partial charge in [-0.05, 0) is 41.8 Å². The molecule has 0 N–H and O–H groups in total. The Morgan fingerprint density at radius 3 is 2.52 bits per heavy atom. The summed E-state index contributed by atoms with van der Waals surface area (Å²) in [7, 11) is 0. The molecule has 3 aromatic carbocycles. The third-order valence-electron chi connectivity index (χ3n) is 6.25. The molecule has 0 amide bonds. The Hall–Kier alpha value is -2.13. The molecule has 1 saturated heterocycles. The van der Waals surface area contributed by atoms with Crippen molar-refractivity contribution in [3.8, 4) is 11.1 Å². The van der Waals surface area contributed by atoms with Gasteiger partial charge in [0.1, 0.15) is 0 Å². The molecular weight excluding hydrogens is 401 g/mol. The average molecular weight is 422 g/mol. The van der Waals surface area contributed by atoms with E-state index in [4.69, 9.17) is 23.2 Å². The maximum absolute atomic E-state index is 13.4. The second-order valence-corrected chi connectivity index (χ2v) is 8.82. The Bertz CT molecular complexity index is 1080. The highest BCUT2D eigenvalue weighted by atomic mass is 35.5. The Morgan fingerprint density at radius 2 is 1.72 bits per heavy atom. The van der Waals surface area contributed by atoms with E-state index in [-0.39, 0.29) is 17.6 Å². The number of halogens is 2. The van der Waals surface area contributed by atoms with E-state index >= 15 is 0 Å². The summed E-state index contributed by atoms with van der Waals surface area (Å²) < 4.78 is 0. The van der Waals surface area contributed by atoms with Crippen LogP contribution in [0.5, 0.6) is 0 Å². The van der Waals surface area contributed by atoms with Crippen LogP contribution in [0.25, 0.3) is 11.1 Å². The standard InChI is InChI=1S/C25H21Cl2NO/c26-17-9-10-18(23(27)13-17)19-7-4-8-20-22-15-28(14-16-5-2-1-3-6-16)12-11-21(22)25(29)24(19)20/h1-10,13,21-22H,11-12,14-15H2. The first-order valence-corrected chi connectivity index (χ1v) is 10.8. The molecule has 146 valence electrons. The van der Waals surface area contributed by atoms with Crippen molar-refractivity contribution in [3.63, 3.8) is 0 Å². The van der Waals surface area contributed by atoms with Gasteiger partial charge in [0.25, 0.3) is 0 Å². The van der Waals surface area contributed by atoms with Crippen molar-refractivity contribution in [1.82, 2.24) is 4.90 Å². The number of Topliss-reactive ketones (excluding diaryl/α,β-unsaturated/α-hetero) is 1. The van der Waals surface area contributed by atoms with Crippen molar-refractivity contribution >= 4 is 29.0 Å². The maximum Gasteiger partial charge on any atom is 0.167 e. The molecule has 4 heteroatoms. The summed E-state index contributed by atoms with van der Waals surface area (Å²) in [4.78, 5) is 15.9. The number of hydrogen-bond acceptors (Lipinski definition) is 2. The number of carbonyl (C=O) groups excluding carboxylic acids is 1. The highest BCUT2D eigenvalue weighted by Crippen LogP contribution is 2.47. The average Bonchev–Trinajstić information content (AvgIpc) is 3.01. The van der Waals surface area contributed by atoms with Crippen molar-refractivity contribution in [2.24, 2.45) is 5.92 Å². The predicted octanol–water partition coefficient (Wildman–Crippen LogP) is 6.46. The van der Waals surface area contributed by atoms with Crippen LogP contribution in [0.3, 0.4) is 0 Å². The highest BCUT2D eigenvalue weighted by molar-refractivity contribution is 6.36. The number of piperidine rings is 1. The van der Waals surface area contributed by atoms with Crippen LogP contribution in [0.4, 0.5) is 0 Å². The third-order valence-corrected chi connectivity index (χ3v) is 6.79. The predicted molar refractivity (Wildman–Crippen MR) is 119 cm³/mol. The number of likely N-dealkylation sites (tertiary alicyclic amines) is 1. The fourth-order valence-corrected chi connectivity index (χ4v) is 5.42. The fraction of sp³-hybridized carbons (Fsp3) is 0.240. The Morgan fingerprint density at radius 1 is 0.897 bits per heavy atom. The van der Waals surface area contributed by atoms with Crippen molar-refractivity contribution in [1.29, 1.82) is 0 Å². The van der Waals surface area contributed by atoms with Crippen LogP contribution in [0.1, 0.15) is 33.8 Å². The van der Waals surface area contributed by atoms with Crippen molar-refractivity contribution < 1.29 is 4.79 Å². The van der Waals surface area contributed by atoms with Crippen LogP contribution in [-0.2, 0) is 6.54 Å². The SMILES string of the molecule is O=C1c2c(-c3ccc(Cl)cc3Cl)cccc2C2CN(Cc3ccccc3)CCC12. The van der Waals surface area contributed by atoms with E-state index in [1.807, 2.05) is 30.3 Å². The molecule has 2 nitrogen and oxygen atoms in total. The Kier molecular flexibility index (Phi) is 4.95. The number of hydrogen-bond donors (Lipinski definition) is 0. The molecule has 29 heavy (non-hydrogen) atoms. The molecule has 1 aliphatic carbocycles. The van der Waals surface area contributed by atoms with Gasteiger partial charge in [-0.3, -0.25) is 9.69 Å². The molecule has 1 aliphatic heterocycles. The summed E-state index contributed by atoms with van der Waals surface area (Å²) in [6.07, 6.45) is 0.902.